The maximum atomic E-state index is 4.23. The van der Waals surface area contributed by atoms with Crippen LogP contribution in [0.1, 0.15) is 12.5 Å². The first-order chi connectivity index (χ1) is 8.34. The van der Waals surface area contributed by atoms with Crippen molar-refractivity contribution in [2.24, 2.45) is 10.2 Å². The molecule has 0 amide bonds. The molecule has 0 aliphatic heterocycles. The van der Waals surface area contributed by atoms with E-state index in [1.54, 1.807) is 0 Å². The van der Waals surface area contributed by atoms with Crippen molar-refractivity contribution in [2.75, 3.05) is 0 Å². The molecular weight excluding hydrogens is 208 g/mol. The fourth-order valence-electron chi connectivity index (χ4n) is 1.56. The van der Waals surface area contributed by atoms with E-state index in [0.717, 1.165) is 18.2 Å². The third kappa shape index (κ3) is 3.83. The van der Waals surface area contributed by atoms with Gasteiger partial charge in [-0.1, -0.05) is 48.5 Å². The summed E-state index contributed by atoms with van der Waals surface area (Å²) in [5.74, 6) is 0. The molecule has 0 unspecified atom stereocenters. The molecule has 2 nitrogen and oxygen atoms in total. The first kappa shape index (κ1) is 11.5. The van der Waals surface area contributed by atoms with Crippen LogP contribution in [0.25, 0.3) is 0 Å². The Labute approximate surface area is 102 Å². The van der Waals surface area contributed by atoms with E-state index in [4.69, 9.17) is 0 Å². The predicted molar refractivity (Wildman–Crippen MR) is 70.0 cm³/mol. The summed E-state index contributed by atoms with van der Waals surface area (Å²) in [4.78, 5) is 0. The highest BCUT2D eigenvalue weighted by Crippen LogP contribution is 2.16. The first-order valence-corrected chi connectivity index (χ1v) is 5.68. The van der Waals surface area contributed by atoms with Gasteiger partial charge in [-0.3, -0.25) is 0 Å². The maximum absolute atomic E-state index is 4.23. The summed E-state index contributed by atoms with van der Waals surface area (Å²) in [6.07, 6.45) is 0.844. The lowest BCUT2D eigenvalue weighted by Crippen LogP contribution is -1.92. The molecule has 0 fully saturated rings. The molecule has 0 spiro atoms. The molecule has 0 aliphatic carbocycles. The van der Waals surface area contributed by atoms with Crippen LogP contribution in [0.2, 0.25) is 0 Å². The normalized spacial score (nSPS) is 11.2. The molecule has 0 N–H and O–H groups in total. The molecule has 0 atom stereocenters. The molecule has 0 bridgehead atoms. The third-order valence-corrected chi connectivity index (χ3v) is 2.40. The summed E-state index contributed by atoms with van der Waals surface area (Å²) in [6.45, 7) is 2.00. The van der Waals surface area contributed by atoms with Crippen LogP contribution in [0.5, 0.6) is 0 Å². The Morgan fingerprint density at radius 3 is 2.12 bits per heavy atom. The standard InChI is InChI=1S/C15H15N2/c1-13(12-14-8-4-2-5-9-14)16-17-15-10-6-3-7-11-15/h2-11H,12H2,1H3/b17-16+. The lowest BCUT2D eigenvalue weighted by molar-refractivity contribution is 0.867. The Morgan fingerprint density at radius 1 is 0.882 bits per heavy atom. The van der Waals surface area contributed by atoms with Crippen molar-refractivity contribution in [1.82, 2.24) is 0 Å². The SMILES string of the molecule is C[C](Cc1ccccc1)/N=N/c1ccccc1. The van der Waals surface area contributed by atoms with E-state index >= 15 is 0 Å². The van der Waals surface area contributed by atoms with E-state index in [0.29, 0.717) is 0 Å². The Bertz CT molecular complexity index is 463. The largest absolute Gasteiger partial charge is 0.179 e. The van der Waals surface area contributed by atoms with Crippen molar-refractivity contribution in [3.63, 3.8) is 0 Å². The van der Waals surface area contributed by atoms with Gasteiger partial charge in [-0.25, -0.2) is 0 Å². The van der Waals surface area contributed by atoms with Crippen LogP contribution in [-0.2, 0) is 6.42 Å². The van der Waals surface area contributed by atoms with E-state index in [1.165, 1.54) is 5.56 Å². The van der Waals surface area contributed by atoms with E-state index in [9.17, 15) is 0 Å². The Morgan fingerprint density at radius 2 is 1.47 bits per heavy atom. The zero-order valence-corrected chi connectivity index (χ0v) is 9.88. The minimum absolute atomic E-state index is 0.844. The summed E-state index contributed by atoms with van der Waals surface area (Å²) in [5.41, 5.74) is 2.15. The Hall–Kier alpha value is -1.96. The van der Waals surface area contributed by atoms with E-state index < -0.39 is 0 Å². The fourth-order valence-corrected chi connectivity index (χ4v) is 1.56. The minimum atomic E-state index is 0.844. The lowest BCUT2D eigenvalue weighted by Gasteiger charge is -2.03. The summed E-state index contributed by atoms with van der Waals surface area (Å²) < 4.78 is 0. The van der Waals surface area contributed by atoms with E-state index in [2.05, 4.69) is 22.4 Å². The van der Waals surface area contributed by atoms with Gasteiger partial charge in [0.2, 0.25) is 0 Å². The summed E-state index contributed by atoms with van der Waals surface area (Å²) in [6, 6.07) is 21.1. The van der Waals surface area contributed by atoms with Gasteiger partial charge in [-0.15, -0.1) is 0 Å². The molecule has 2 aromatic carbocycles. The van der Waals surface area contributed by atoms with Crippen LogP contribution >= 0.6 is 0 Å². The Balaban J connectivity index is 1.94. The lowest BCUT2D eigenvalue weighted by atomic mass is 10.1. The van der Waals surface area contributed by atoms with Crippen LogP contribution in [0, 0.1) is 6.04 Å². The van der Waals surface area contributed by atoms with Crippen LogP contribution in [0.15, 0.2) is 70.9 Å². The number of hydrogen-bond donors (Lipinski definition) is 0. The summed E-state index contributed by atoms with van der Waals surface area (Å²) in [7, 11) is 0. The molecule has 1 radical (unpaired) electrons. The van der Waals surface area contributed by atoms with E-state index in [-0.39, 0.29) is 0 Å². The molecule has 85 valence electrons. The monoisotopic (exact) mass is 223 g/mol. The molecule has 17 heavy (non-hydrogen) atoms. The average Bonchev–Trinajstić information content (AvgIpc) is 2.39. The van der Waals surface area contributed by atoms with E-state index in [1.807, 2.05) is 55.5 Å². The van der Waals surface area contributed by atoms with Gasteiger partial charge in [0.1, 0.15) is 6.04 Å². The molecule has 0 aliphatic rings. The van der Waals surface area contributed by atoms with Crippen molar-refractivity contribution in [3.05, 3.63) is 72.3 Å². The first-order valence-electron chi connectivity index (χ1n) is 5.68. The van der Waals surface area contributed by atoms with Gasteiger partial charge < -0.3 is 0 Å². The predicted octanol–water partition coefficient (Wildman–Crippen LogP) is 4.56. The van der Waals surface area contributed by atoms with Gasteiger partial charge in [0, 0.05) is 6.42 Å². The van der Waals surface area contributed by atoms with Crippen molar-refractivity contribution in [3.8, 4) is 0 Å². The number of rotatable bonds is 4. The zero-order chi connectivity index (χ0) is 11.9. The van der Waals surface area contributed by atoms with Gasteiger partial charge in [0.15, 0.2) is 0 Å². The van der Waals surface area contributed by atoms with Crippen LogP contribution in [-0.4, -0.2) is 0 Å². The van der Waals surface area contributed by atoms with Crippen molar-refractivity contribution >= 4 is 5.69 Å². The van der Waals surface area contributed by atoms with Crippen molar-refractivity contribution in [1.29, 1.82) is 0 Å². The molecule has 0 heterocycles. The van der Waals surface area contributed by atoms with Gasteiger partial charge in [0.25, 0.3) is 0 Å². The minimum Gasteiger partial charge on any atom is -0.179 e. The summed E-state index contributed by atoms with van der Waals surface area (Å²) in [5, 5.41) is 8.42. The maximum Gasteiger partial charge on any atom is 0.110 e. The van der Waals surface area contributed by atoms with Gasteiger partial charge in [0.05, 0.1) is 5.69 Å². The zero-order valence-electron chi connectivity index (χ0n) is 9.88. The second kappa shape index (κ2) is 5.94. The number of benzene rings is 2. The average molecular weight is 223 g/mol. The van der Waals surface area contributed by atoms with Crippen molar-refractivity contribution in [2.45, 2.75) is 13.3 Å². The number of nitrogens with zero attached hydrogens (tertiary/aromatic N) is 2. The number of hydrogen-bond acceptors (Lipinski definition) is 2. The Kier molecular flexibility index (Phi) is 4.03. The number of azo groups is 1. The highest BCUT2D eigenvalue weighted by molar-refractivity contribution is 5.34. The van der Waals surface area contributed by atoms with Crippen molar-refractivity contribution < 1.29 is 0 Å². The smallest absolute Gasteiger partial charge is 0.110 e. The quantitative estimate of drug-likeness (QED) is 0.678. The molecule has 2 heteroatoms. The molecule has 0 aromatic heterocycles. The molecule has 0 saturated heterocycles. The molecule has 0 saturated carbocycles. The molecule has 2 rings (SSSR count). The highest BCUT2D eigenvalue weighted by Gasteiger charge is 2.01. The van der Waals surface area contributed by atoms with Gasteiger partial charge >= 0.3 is 0 Å². The molecule has 2 aromatic rings. The topological polar surface area (TPSA) is 24.7 Å². The van der Waals surface area contributed by atoms with Gasteiger partial charge in [-0.2, -0.15) is 10.2 Å². The van der Waals surface area contributed by atoms with Crippen LogP contribution in [0.3, 0.4) is 0 Å². The fraction of sp³-hybridized carbons (Fsp3) is 0.133. The van der Waals surface area contributed by atoms with Gasteiger partial charge in [-0.05, 0) is 24.6 Å². The second-order valence-electron chi connectivity index (χ2n) is 3.93. The highest BCUT2D eigenvalue weighted by atomic mass is 15.1. The third-order valence-electron chi connectivity index (χ3n) is 2.40. The van der Waals surface area contributed by atoms with Crippen LogP contribution < -0.4 is 0 Å². The second-order valence-corrected chi connectivity index (χ2v) is 3.93. The van der Waals surface area contributed by atoms with Crippen LogP contribution in [0.4, 0.5) is 5.69 Å². The molecular formula is C15H15N2. The summed E-state index contributed by atoms with van der Waals surface area (Å²) >= 11 is 0.